The second kappa shape index (κ2) is 9.18. The zero-order valence-corrected chi connectivity index (χ0v) is 18.3. The molecule has 156 valence electrons. The molecule has 10 heteroatoms. The molecule has 2 aromatic rings. The molecule has 1 unspecified atom stereocenters. The zero-order chi connectivity index (χ0) is 21.2. The SMILES string of the molecule is O=C(Nc1ccc(F)c(Cl)c1)C1CCCN(S(=O)(=O)Cc2ccc(Cl)c(Cl)c2)C1. The zero-order valence-electron chi connectivity index (χ0n) is 15.2. The largest absolute Gasteiger partial charge is 0.326 e. The Labute approximate surface area is 183 Å². The Bertz CT molecular complexity index is 1030. The normalized spacial score (nSPS) is 17.9. The van der Waals surface area contributed by atoms with Crippen molar-refractivity contribution in [3.05, 3.63) is 62.8 Å². The first-order valence-electron chi connectivity index (χ1n) is 8.83. The van der Waals surface area contributed by atoms with Crippen LogP contribution in [-0.4, -0.2) is 31.7 Å². The van der Waals surface area contributed by atoms with E-state index in [0.717, 1.165) is 6.07 Å². The number of carbonyl (C=O) groups excluding carboxylic acids is 1. The van der Waals surface area contributed by atoms with Crippen LogP contribution in [0.3, 0.4) is 0 Å². The van der Waals surface area contributed by atoms with Gasteiger partial charge in [-0.25, -0.2) is 17.1 Å². The number of nitrogens with zero attached hydrogens (tertiary/aromatic N) is 1. The van der Waals surface area contributed by atoms with E-state index < -0.39 is 21.8 Å². The first-order chi connectivity index (χ1) is 13.7. The Morgan fingerprint density at radius 3 is 2.55 bits per heavy atom. The first kappa shape index (κ1) is 22.3. The van der Waals surface area contributed by atoms with Gasteiger partial charge in [-0.05, 0) is 48.7 Å². The van der Waals surface area contributed by atoms with Crippen LogP contribution < -0.4 is 5.32 Å². The van der Waals surface area contributed by atoms with Gasteiger partial charge in [-0.2, -0.15) is 0 Å². The van der Waals surface area contributed by atoms with Gasteiger partial charge in [0.15, 0.2) is 0 Å². The molecule has 1 fully saturated rings. The van der Waals surface area contributed by atoms with E-state index in [1.807, 2.05) is 0 Å². The lowest BCUT2D eigenvalue weighted by atomic mass is 9.99. The number of anilines is 1. The van der Waals surface area contributed by atoms with E-state index in [1.54, 1.807) is 12.1 Å². The molecule has 3 rings (SSSR count). The van der Waals surface area contributed by atoms with Crippen LogP contribution in [-0.2, 0) is 20.6 Å². The van der Waals surface area contributed by atoms with Crippen molar-refractivity contribution in [3.8, 4) is 0 Å². The van der Waals surface area contributed by atoms with Crippen LogP contribution in [0.15, 0.2) is 36.4 Å². The lowest BCUT2D eigenvalue weighted by molar-refractivity contribution is -0.120. The van der Waals surface area contributed by atoms with Gasteiger partial charge >= 0.3 is 0 Å². The van der Waals surface area contributed by atoms with E-state index in [9.17, 15) is 17.6 Å². The Hall–Kier alpha value is -1.38. The third-order valence-corrected chi connectivity index (χ3v) is 7.51. The van der Waals surface area contributed by atoms with E-state index >= 15 is 0 Å². The van der Waals surface area contributed by atoms with Gasteiger partial charge < -0.3 is 5.32 Å². The Balaban J connectivity index is 1.67. The van der Waals surface area contributed by atoms with E-state index in [-0.39, 0.29) is 28.3 Å². The molecule has 1 saturated heterocycles. The molecule has 1 heterocycles. The predicted molar refractivity (Wildman–Crippen MR) is 113 cm³/mol. The molecule has 0 aromatic heterocycles. The first-order valence-corrected chi connectivity index (χ1v) is 11.6. The van der Waals surface area contributed by atoms with Crippen molar-refractivity contribution in [2.45, 2.75) is 18.6 Å². The molecular formula is C19H18Cl3FN2O3S. The molecule has 5 nitrogen and oxygen atoms in total. The highest BCUT2D eigenvalue weighted by molar-refractivity contribution is 7.88. The van der Waals surface area contributed by atoms with E-state index in [4.69, 9.17) is 34.8 Å². The maximum absolute atomic E-state index is 13.3. The lowest BCUT2D eigenvalue weighted by Gasteiger charge is -2.31. The Morgan fingerprint density at radius 2 is 1.86 bits per heavy atom. The minimum Gasteiger partial charge on any atom is -0.326 e. The van der Waals surface area contributed by atoms with Crippen LogP contribution in [0.5, 0.6) is 0 Å². The van der Waals surface area contributed by atoms with Crippen molar-refractivity contribution in [1.82, 2.24) is 4.31 Å². The third kappa shape index (κ3) is 5.61. The van der Waals surface area contributed by atoms with E-state index in [0.29, 0.717) is 35.7 Å². The molecule has 29 heavy (non-hydrogen) atoms. The highest BCUT2D eigenvalue weighted by atomic mass is 35.5. The van der Waals surface area contributed by atoms with Gasteiger partial charge in [0.25, 0.3) is 0 Å². The highest BCUT2D eigenvalue weighted by Crippen LogP contribution is 2.27. The van der Waals surface area contributed by atoms with Crippen molar-refractivity contribution in [2.24, 2.45) is 5.92 Å². The summed E-state index contributed by atoms with van der Waals surface area (Å²) >= 11 is 17.6. The molecule has 1 amide bonds. The van der Waals surface area contributed by atoms with Crippen molar-refractivity contribution in [2.75, 3.05) is 18.4 Å². The van der Waals surface area contributed by atoms with Crippen LogP contribution in [0.4, 0.5) is 10.1 Å². The molecule has 1 aliphatic rings. The minimum absolute atomic E-state index is 0.0738. The molecule has 0 aliphatic carbocycles. The third-order valence-electron chi connectivity index (χ3n) is 4.67. The summed E-state index contributed by atoms with van der Waals surface area (Å²) < 4.78 is 40.2. The Morgan fingerprint density at radius 1 is 1.10 bits per heavy atom. The van der Waals surface area contributed by atoms with Crippen LogP contribution in [0.25, 0.3) is 0 Å². The molecular weight excluding hydrogens is 462 g/mol. The number of sulfonamides is 1. The number of amides is 1. The van der Waals surface area contributed by atoms with Crippen LogP contribution >= 0.6 is 34.8 Å². The summed E-state index contributed by atoms with van der Waals surface area (Å²) in [7, 11) is -3.64. The second-order valence-electron chi connectivity index (χ2n) is 6.82. The number of hydrogen-bond donors (Lipinski definition) is 1. The molecule has 0 spiro atoms. The maximum Gasteiger partial charge on any atom is 0.228 e. The minimum atomic E-state index is -3.64. The molecule has 1 N–H and O–H groups in total. The molecule has 1 aliphatic heterocycles. The summed E-state index contributed by atoms with van der Waals surface area (Å²) in [4.78, 5) is 12.6. The number of halogens is 4. The number of nitrogens with one attached hydrogen (secondary N) is 1. The van der Waals surface area contributed by atoms with Gasteiger partial charge in [0, 0.05) is 18.8 Å². The van der Waals surface area contributed by atoms with Crippen LogP contribution in [0.2, 0.25) is 15.1 Å². The average Bonchev–Trinajstić information content (AvgIpc) is 2.67. The summed E-state index contributed by atoms with van der Waals surface area (Å²) in [5.41, 5.74) is 0.879. The van der Waals surface area contributed by atoms with Gasteiger partial charge in [0.05, 0.1) is 26.7 Å². The molecule has 0 bridgehead atoms. The number of rotatable bonds is 5. The smallest absolute Gasteiger partial charge is 0.228 e. The van der Waals surface area contributed by atoms with Gasteiger partial charge in [-0.15, -0.1) is 0 Å². The standard InChI is InChI=1S/C19H18Cl3FN2O3S/c20-15-5-3-12(8-16(15)21)11-29(27,28)25-7-1-2-13(10-25)19(26)24-14-4-6-18(23)17(22)9-14/h3-6,8-9,13H,1-2,7,10-11H2,(H,24,26). The second-order valence-corrected chi connectivity index (χ2v) is 10.0. The highest BCUT2D eigenvalue weighted by Gasteiger charge is 2.32. The number of benzene rings is 2. The Kier molecular flexibility index (Phi) is 7.06. The fourth-order valence-corrected chi connectivity index (χ4v) is 5.26. The molecule has 1 atom stereocenters. The van der Waals surface area contributed by atoms with Gasteiger partial charge in [0.2, 0.25) is 15.9 Å². The fourth-order valence-electron chi connectivity index (χ4n) is 3.16. The number of carbonyl (C=O) groups is 1. The van der Waals surface area contributed by atoms with Crippen LogP contribution in [0.1, 0.15) is 18.4 Å². The molecule has 2 aromatic carbocycles. The van der Waals surface area contributed by atoms with Crippen molar-refractivity contribution < 1.29 is 17.6 Å². The summed E-state index contributed by atoms with van der Waals surface area (Å²) in [6.45, 7) is 0.417. The average molecular weight is 480 g/mol. The fraction of sp³-hybridized carbons (Fsp3) is 0.316. The summed E-state index contributed by atoms with van der Waals surface area (Å²) in [5, 5.41) is 3.21. The van der Waals surface area contributed by atoms with E-state index in [2.05, 4.69) is 5.32 Å². The molecule has 0 saturated carbocycles. The lowest BCUT2D eigenvalue weighted by Crippen LogP contribution is -2.44. The van der Waals surface area contributed by atoms with Gasteiger partial charge in [0.1, 0.15) is 5.82 Å². The summed E-state index contributed by atoms with van der Waals surface area (Å²) in [6, 6.07) is 8.56. The van der Waals surface area contributed by atoms with Crippen molar-refractivity contribution in [1.29, 1.82) is 0 Å². The summed E-state index contributed by atoms with van der Waals surface area (Å²) in [5.74, 6) is -1.66. The molecule has 0 radical (unpaired) electrons. The summed E-state index contributed by atoms with van der Waals surface area (Å²) in [6.07, 6.45) is 1.11. The quantitative estimate of drug-likeness (QED) is 0.659. The van der Waals surface area contributed by atoms with Gasteiger partial charge in [-0.3, -0.25) is 4.79 Å². The maximum atomic E-state index is 13.3. The van der Waals surface area contributed by atoms with Gasteiger partial charge in [-0.1, -0.05) is 40.9 Å². The topological polar surface area (TPSA) is 66.5 Å². The van der Waals surface area contributed by atoms with E-state index in [1.165, 1.54) is 22.5 Å². The predicted octanol–water partition coefficient (Wildman–Crippen LogP) is 4.97. The number of piperidine rings is 1. The van der Waals surface area contributed by atoms with Crippen molar-refractivity contribution >= 4 is 56.4 Å². The van der Waals surface area contributed by atoms with Crippen molar-refractivity contribution in [3.63, 3.8) is 0 Å². The monoisotopic (exact) mass is 478 g/mol. The van der Waals surface area contributed by atoms with Crippen LogP contribution in [0, 0.1) is 11.7 Å². The number of hydrogen-bond acceptors (Lipinski definition) is 3.